The van der Waals surface area contributed by atoms with Gasteiger partial charge in [-0.25, -0.2) is 4.68 Å². The van der Waals surface area contributed by atoms with E-state index in [1.807, 2.05) is 0 Å². The van der Waals surface area contributed by atoms with Crippen LogP contribution in [0.3, 0.4) is 0 Å². The second kappa shape index (κ2) is 4.70. The number of hydrogen-bond donors (Lipinski definition) is 1. The smallest absolute Gasteiger partial charge is 0.306 e. The highest BCUT2D eigenvalue weighted by atomic mass is 127. The summed E-state index contributed by atoms with van der Waals surface area (Å²) in [7, 11) is 0. The average molecular weight is 365 g/mol. The number of rotatable bonds is 3. The molecule has 0 aliphatic rings. The first-order valence-electron chi connectivity index (χ1n) is 4.65. The summed E-state index contributed by atoms with van der Waals surface area (Å²) in [6.45, 7) is 1.58. The Morgan fingerprint density at radius 2 is 2.41 bits per heavy atom. The van der Waals surface area contributed by atoms with E-state index in [0.29, 0.717) is 9.88 Å². The third kappa shape index (κ3) is 2.48. The molecule has 0 aliphatic carbocycles. The molecule has 0 fully saturated rings. The lowest BCUT2D eigenvalue weighted by Gasteiger charge is -1.97. The predicted molar refractivity (Wildman–Crippen MR) is 71.4 cm³/mol. The Labute approximate surface area is 114 Å². The van der Waals surface area contributed by atoms with Crippen LogP contribution >= 0.6 is 33.9 Å². The topological polar surface area (TPSA) is 81.2 Å². The molecule has 8 heteroatoms. The summed E-state index contributed by atoms with van der Waals surface area (Å²) in [6, 6.07) is 1.39. The molecule has 2 aromatic heterocycles. The van der Waals surface area contributed by atoms with Crippen molar-refractivity contribution in [2.75, 3.05) is 0 Å². The van der Waals surface area contributed by atoms with Gasteiger partial charge in [0.2, 0.25) is 0 Å². The van der Waals surface area contributed by atoms with Crippen LogP contribution in [0.4, 0.5) is 5.69 Å². The van der Waals surface area contributed by atoms with Gasteiger partial charge in [0.1, 0.15) is 0 Å². The van der Waals surface area contributed by atoms with Gasteiger partial charge in [-0.05, 0) is 29.5 Å². The highest BCUT2D eigenvalue weighted by Gasteiger charge is 2.22. The van der Waals surface area contributed by atoms with Crippen LogP contribution in [0.5, 0.6) is 0 Å². The summed E-state index contributed by atoms with van der Waals surface area (Å²) in [5.41, 5.74) is -0.0367. The van der Waals surface area contributed by atoms with Gasteiger partial charge in [0.15, 0.2) is 5.00 Å². The molecule has 0 saturated carbocycles. The molecule has 6 nitrogen and oxygen atoms in total. The molecular formula is C9H8IN3O3S. The standard InChI is InChI=1S/C9H8IN3O3S/c1-5(14)8-2-7(13(15)16)9(17-8)12-4-6(10)3-11-12/h2-5,14H,1H3/t5-/m1/s1. The van der Waals surface area contributed by atoms with Crippen LogP contribution in [-0.2, 0) is 0 Å². The van der Waals surface area contributed by atoms with Crippen molar-refractivity contribution in [3.05, 3.63) is 37.0 Å². The van der Waals surface area contributed by atoms with E-state index < -0.39 is 11.0 Å². The maximum absolute atomic E-state index is 10.9. The first-order valence-corrected chi connectivity index (χ1v) is 6.55. The van der Waals surface area contributed by atoms with Crippen LogP contribution in [0.15, 0.2) is 18.5 Å². The molecule has 1 N–H and O–H groups in total. The number of aliphatic hydroxyl groups excluding tert-OH is 1. The Bertz CT molecular complexity index is 564. The molecule has 0 aromatic carbocycles. The molecule has 2 rings (SSSR count). The third-order valence-corrected chi connectivity index (χ3v) is 3.92. The van der Waals surface area contributed by atoms with Crippen molar-refractivity contribution in [3.8, 4) is 5.00 Å². The van der Waals surface area contributed by atoms with Crippen molar-refractivity contribution in [3.63, 3.8) is 0 Å². The predicted octanol–water partition coefficient (Wildman–Crippen LogP) is 2.50. The van der Waals surface area contributed by atoms with Crippen LogP contribution in [0.1, 0.15) is 17.9 Å². The van der Waals surface area contributed by atoms with Crippen LogP contribution in [0.25, 0.3) is 5.00 Å². The van der Waals surface area contributed by atoms with Crippen molar-refractivity contribution < 1.29 is 10.0 Å². The Morgan fingerprint density at radius 1 is 1.71 bits per heavy atom. The molecule has 0 spiro atoms. The summed E-state index contributed by atoms with van der Waals surface area (Å²) in [6.07, 6.45) is 2.60. The van der Waals surface area contributed by atoms with Crippen LogP contribution in [-0.4, -0.2) is 19.8 Å². The number of halogens is 1. The molecule has 0 aliphatic heterocycles. The molecule has 0 unspecified atom stereocenters. The van der Waals surface area contributed by atoms with E-state index in [9.17, 15) is 15.2 Å². The fraction of sp³-hybridized carbons (Fsp3) is 0.222. The molecule has 2 aromatic rings. The first kappa shape index (κ1) is 12.5. The largest absolute Gasteiger partial charge is 0.388 e. The summed E-state index contributed by atoms with van der Waals surface area (Å²) in [4.78, 5) is 11.0. The monoisotopic (exact) mass is 365 g/mol. The lowest BCUT2D eigenvalue weighted by molar-refractivity contribution is -0.384. The second-order valence-electron chi connectivity index (χ2n) is 3.38. The van der Waals surface area contributed by atoms with Gasteiger partial charge in [-0.3, -0.25) is 10.1 Å². The molecule has 90 valence electrons. The van der Waals surface area contributed by atoms with E-state index in [2.05, 4.69) is 27.7 Å². The molecule has 0 amide bonds. The lowest BCUT2D eigenvalue weighted by atomic mass is 10.3. The number of hydrogen-bond acceptors (Lipinski definition) is 5. The van der Waals surface area contributed by atoms with E-state index in [-0.39, 0.29) is 5.69 Å². The van der Waals surface area contributed by atoms with Gasteiger partial charge in [-0.2, -0.15) is 5.10 Å². The van der Waals surface area contributed by atoms with E-state index >= 15 is 0 Å². The van der Waals surface area contributed by atoms with Crippen molar-refractivity contribution in [2.24, 2.45) is 0 Å². The van der Waals surface area contributed by atoms with Crippen molar-refractivity contribution >= 4 is 39.6 Å². The summed E-state index contributed by atoms with van der Waals surface area (Å²) in [5, 5.41) is 24.8. The van der Waals surface area contributed by atoms with Gasteiger partial charge in [0.25, 0.3) is 0 Å². The van der Waals surface area contributed by atoms with Gasteiger partial charge in [-0.15, -0.1) is 11.3 Å². The number of aromatic nitrogens is 2. The Balaban J connectivity index is 2.55. The minimum atomic E-state index is -0.720. The van der Waals surface area contributed by atoms with E-state index in [1.54, 1.807) is 19.3 Å². The molecule has 0 radical (unpaired) electrons. The molecule has 1 atom stereocenters. The van der Waals surface area contributed by atoms with Crippen LogP contribution in [0, 0.1) is 13.7 Å². The number of nitro groups is 1. The molecule has 0 bridgehead atoms. The molecule has 17 heavy (non-hydrogen) atoms. The fourth-order valence-corrected chi connectivity index (χ4v) is 2.69. The van der Waals surface area contributed by atoms with E-state index in [4.69, 9.17) is 0 Å². The average Bonchev–Trinajstić information content (AvgIpc) is 2.82. The minimum Gasteiger partial charge on any atom is -0.388 e. The summed E-state index contributed by atoms with van der Waals surface area (Å²) >= 11 is 3.25. The number of aliphatic hydroxyl groups is 1. The van der Waals surface area contributed by atoms with Crippen LogP contribution < -0.4 is 0 Å². The van der Waals surface area contributed by atoms with E-state index in [1.165, 1.54) is 22.1 Å². The zero-order valence-corrected chi connectivity index (χ0v) is 11.7. The van der Waals surface area contributed by atoms with Gasteiger partial charge in [-0.1, -0.05) is 0 Å². The van der Waals surface area contributed by atoms with Gasteiger partial charge >= 0.3 is 5.69 Å². The number of nitrogens with zero attached hydrogens (tertiary/aromatic N) is 3. The normalized spacial score (nSPS) is 12.6. The second-order valence-corrected chi connectivity index (χ2v) is 5.68. The van der Waals surface area contributed by atoms with Gasteiger partial charge in [0.05, 0.1) is 20.8 Å². The maximum Gasteiger partial charge on any atom is 0.306 e. The Kier molecular flexibility index (Phi) is 3.45. The minimum absolute atomic E-state index is 0.0367. The quantitative estimate of drug-likeness (QED) is 0.515. The maximum atomic E-state index is 10.9. The van der Waals surface area contributed by atoms with Gasteiger partial charge < -0.3 is 5.11 Å². The zero-order valence-electron chi connectivity index (χ0n) is 8.70. The van der Waals surface area contributed by atoms with Crippen molar-refractivity contribution in [1.29, 1.82) is 0 Å². The fourth-order valence-electron chi connectivity index (χ4n) is 1.30. The Morgan fingerprint density at radius 3 is 2.88 bits per heavy atom. The SMILES string of the molecule is C[C@@H](O)c1cc([N+](=O)[O-])c(-n2cc(I)cn2)s1. The first-order chi connectivity index (χ1) is 7.99. The van der Waals surface area contributed by atoms with Crippen molar-refractivity contribution in [1.82, 2.24) is 9.78 Å². The Hall–Kier alpha value is -1.00. The number of thiophene rings is 1. The third-order valence-electron chi connectivity index (χ3n) is 2.08. The van der Waals surface area contributed by atoms with Gasteiger partial charge in [0, 0.05) is 17.1 Å². The lowest BCUT2D eigenvalue weighted by Crippen LogP contribution is -1.95. The molecular weight excluding hydrogens is 357 g/mol. The van der Waals surface area contributed by atoms with E-state index in [0.717, 1.165) is 3.57 Å². The summed E-state index contributed by atoms with van der Waals surface area (Å²) in [5.74, 6) is 0. The van der Waals surface area contributed by atoms with Crippen LogP contribution in [0.2, 0.25) is 0 Å². The highest BCUT2D eigenvalue weighted by Crippen LogP contribution is 2.35. The molecule has 0 saturated heterocycles. The highest BCUT2D eigenvalue weighted by molar-refractivity contribution is 14.1. The zero-order chi connectivity index (χ0) is 12.6. The molecule has 2 heterocycles. The van der Waals surface area contributed by atoms with Crippen molar-refractivity contribution in [2.45, 2.75) is 13.0 Å². The summed E-state index contributed by atoms with van der Waals surface area (Å²) < 4.78 is 2.35.